The lowest BCUT2D eigenvalue weighted by Crippen LogP contribution is -2.64. The minimum Gasteiger partial charge on any atom is -0.508 e. The van der Waals surface area contributed by atoms with E-state index in [9.17, 15) is 20.1 Å². The average Bonchev–Trinajstić information content (AvgIpc) is 4.07. The molecule has 4 aliphatic rings. The second-order valence-electron chi connectivity index (χ2n) is 17.2. The van der Waals surface area contributed by atoms with E-state index in [1.54, 1.807) is 6.07 Å². The molecule has 3 aromatic carbocycles. The maximum atomic E-state index is 13.8. The Bertz CT molecular complexity index is 2470. The summed E-state index contributed by atoms with van der Waals surface area (Å²) in [6.45, 7) is 4.89. The third-order valence-electron chi connectivity index (χ3n) is 13.3. The Balaban J connectivity index is 0.715. The summed E-state index contributed by atoms with van der Waals surface area (Å²) in [6.07, 6.45) is 8.96. The molecule has 3 aromatic heterocycles. The summed E-state index contributed by atoms with van der Waals surface area (Å²) >= 11 is 2.80. The predicted molar refractivity (Wildman–Crippen MR) is 231 cm³/mol. The first-order chi connectivity index (χ1) is 28.8. The van der Waals surface area contributed by atoms with Crippen molar-refractivity contribution < 1.29 is 24.9 Å². The maximum Gasteiger partial charge on any atom is 0.349 e. The lowest BCUT2D eigenvalue weighted by molar-refractivity contribution is -0.191. The third kappa shape index (κ3) is 7.21. The summed E-state index contributed by atoms with van der Waals surface area (Å²) in [5.41, 5.74) is 8.60. The number of benzene rings is 3. The van der Waals surface area contributed by atoms with E-state index in [0.29, 0.717) is 28.6 Å². The SMILES string of the molecule is O=C(OC1CC2(C1)CN(CCCn1nnc3cc(CNC[C@H](O)c4ccc(O)c5c4CCCC5)c4c(c31)CCC4)C2)[C@](O)(c1cccs1)c1ccc(-c2ccccc2)s1. The number of likely N-dealkylation sites (tertiary alicyclic amines) is 1. The Morgan fingerprint density at radius 1 is 0.915 bits per heavy atom. The number of carbonyl (C=O) groups is 1. The Morgan fingerprint density at radius 2 is 1.71 bits per heavy atom. The Kier molecular flexibility index (Phi) is 10.4. The highest BCUT2D eigenvalue weighted by molar-refractivity contribution is 7.16. The number of fused-ring (bicyclic) bond motifs is 4. The van der Waals surface area contributed by atoms with E-state index in [1.807, 2.05) is 66.0 Å². The van der Waals surface area contributed by atoms with E-state index in [2.05, 4.69) is 31.3 Å². The molecule has 10 nitrogen and oxygen atoms in total. The molecule has 1 saturated carbocycles. The number of aliphatic hydroxyl groups is 2. The van der Waals surface area contributed by atoms with Crippen molar-refractivity contribution in [3.8, 4) is 16.2 Å². The van der Waals surface area contributed by atoms with Crippen molar-refractivity contribution in [1.29, 1.82) is 0 Å². The number of hydrogen-bond acceptors (Lipinski definition) is 11. The summed E-state index contributed by atoms with van der Waals surface area (Å²) < 4.78 is 8.17. The van der Waals surface area contributed by atoms with Crippen molar-refractivity contribution >= 4 is 39.7 Å². The Hall–Kier alpha value is -4.43. The highest BCUT2D eigenvalue weighted by atomic mass is 32.1. The number of aromatic nitrogens is 3. The van der Waals surface area contributed by atoms with Crippen LogP contribution in [0, 0.1) is 5.41 Å². The molecule has 2 atom stereocenters. The topological polar surface area (TPSA) is 133 Å². The predicted octanol–water partition coefficient (Wildman–Crippen LogP) is 7.45. The molecule has 12 heteroatoms. The zero-order valence-electron chi connectivity index (χ0n) is 33.2. The summed E-state index contributed by atoms with van der Waals surface area (Å²) in [6, 6.07) is 23.3. The highest BCUT2D eigenvalue weighted by Crippen LogP contribution is 2.51. The van der Waals surface area contributed by atoms with Crippen LogP contribution in [-0.2, 0) is 53.9 Å². The molecule has 1 spiro atoms. The van der Waals surface area contributed by atoms with Gasteiger partial charge in [0.1, 0.15) is 17.4 Å². The number of phenolic OH excluding ortho intramolecular Hbond substituents is 1. The lowest BCUT2D eigenvalue weighted by Gasteiger charge is -2.58. The van der Waals surface area contributed by atoms with E-state index in [-0.39, 0.29) is 11.5 Å². The normalized spacial score (nSPS) is 18.9. The molecule has 59 heavy (non-hydrogen) atoms. The van der Waals surface area contributed by atoms with Crippen LogP contribution in [0.3, 0.4) is 0 Å². The fourth-order valence-electron chi connectivity index (χ4n) is 10.4. The van der Waals surface area contributed by atoms with Gasteiger partial charge >= 0.3 is 5.97 Å². The molecule has 0 unspecified atom stereocenters. The second kappa shape index (κ2) is 15.9. The largest absolute Gasteiger partial charge is 0.508 e. The van der Waals surface area contributed by atoms with Crippen LogP contribution in [0.1, 0.15) is 87.8 Å². The summed E-state index contributed by atoms with van der Waals surface area (Å²) in [5, 5.41) is 48.2. The zero-order valence-corrected chi connectivity index (χ0v) is 34.9. The number of thiophene rings is 2. The van der Waals surface area contributed by atoms with Crippen LogP contribution in [0.15, 0.2) is 78.2 Å². The summed E-state index contributed by atoms with van der Waals surface area (Å²) in [4.78, 5) is 18.4. The number of aromatic hydroxyl groups is 1. The van der Waals surface area contributed by atoms with Crippen molar-refractivity contribution in [2.24, 2.45) is 5.41 Å². The van der Waals surface area contributed by atoms with Crippen LogP contribution in [0.2, 0.25) is 0 Å². The van der Waals surface area contributed by atoms with Crippen molar-refractivity contribution in [2.45, 2.75) is 95.1 Å². The molecule has 1 aliphatic heterocycles. The van der Waals surface area contributed by atoms with Crippen LogP contribution >= 0.6 is 22.7 Å². The number of ether oxygens (including phenoxy) is 1. The van der Waals surface area contributed by atoms with Crippen molar-refractivity contribution in [3.63, 3.8) is 0 Å². The van der Waals surface area contributed by atoms with Crippen molar-refractivity contribution in [2.75, 3.05) is 26.2 Å². The number of nitrogens with one attached hydrogen (secondary N) is 1. The van der Waals surface area contributed by atoms with E-state index in [4.69, 9.17) is 4.74 Å². The third-order valence-corrected chi connectivity index (χ3v) is 15.5. The smallest absolute Gasteiger partial charge is 0.349 e. The molecule has 1 saturated heterocycles. The van der Waals surface area contributed by atoms with Crippen LogP contribution in [0.4, 0.5) is 0 Å². The van der Waals surface area contributed by atoms with Gasteiger partial charge in [0.15, 0.2) is 0 Å². The highest BCUT2D eigenvalue weighted by Gasteiger charge is 2.55. The molecule has 0 amide bonds. The average molecular weight is 830 g/mol. The Morgan fingerprint density at radius 3 is 2.53 bits per heavy atom. The number of carbonyl (C=O) groups excluding carboxylic acids is 1. The van der Waals surface area contributed by atoms with Gasteiger partial charge in [-0.1, -0.05) is 47.7 Å². The molecule has 3 aliphatic carbocycles. The fourth-order valence-corrected chi connectivity index (χ4v) is 12.4. The number of esters is 1. The van der Waals surface area contributed by atoms with Gasteiger partial charge in [0, 0.05) is 43.0 Å². The molecular formula is C47H51N5O5S2. The first kappa shape index (κ1) is 38.8. The minimum absolute atomic E-state index is 0.181. The number of nitrogens with zero attached hydrogens (tertiary/aromatic N) is 4. The number of phenols is 1. The molecule has 306 valence electrons. The van der Waals surface area contributed by atoms with E-state index < -0.39 is 17.7 Å². The molecular weight excluding hydrogens is 779 g/mol. The van der Waals surface area contributed by atoms with E-state index in [0.717, 1.165) is 123 Å². The monoisotopic (exact) mass is 829 g/mol. The van der Waals surface area contributed by atoms with Crippen LogP contribution in [0.25, 0.3) is 21.5 Å². The fraction of sp³-hybridized carbons (Fsp3) is 0.426. The number of rotatable bonds is 14. The number of aliphatic hydroxyl groups excluding tert-OH is 1. The number of hydrogen-bond donors (Lipinski definition) is 4. The van der Waals surface area contributed by atoms with Crippen LogP contribution in [0.5, 0.6) is 5.75 Å². The van der Waals surface area contributed by atoms with Crippen LogP contribution < -0.4 is 5.32 Å². The second-order valence-corrected chi connectivity index (χ2v) is 19.3. The van der Waals surface area contributed by atoms with Gasteiger partial charge in [0.25, 0.3) is 0 Å². The first-order valence-corrected chi connectivity index (χ1v) is 22.9. The van der Waals surface area contributed by atoms with Gasteiger partial charge in [-0.05, 0) is 145 Å². The van der Waals surface area contributed by atoms with Gasteiger partial charge in [-0.2, -0.15) is 0 Å². The number of aryl methyl sites for hydroxylation is 2. The maximum absolute atomic E-state index is 13.8. The van der Waals surface area contributed by atoms with Gasteiger partial charge in [0.2, 0.25) is 5.60 Å². The van der Waals surface area contributed by atoms with Gasteiger partial charge < -0.3 is 30.3 Å². The van der Waals surface area contributed by atoms with Gasteiger partial charge in [-0.25, -0.2) is 9.48 Å². The van der Waals surface area contributed by atoms with Gasteiger partial charge in [0.05, 0.1) is 21.4 Å². The molecule has 2 fully saturated rings. The van der Waals surface area contributed by atoms with Crippen LogP contribution in [-0.4, -0.2) is 73.5 Å². The lowest BCUT2D eigenvalue weighted by atomic mass is 9.61. The molecule has 4 N–H and O–H groups in total. The van der Waals surface area contributed by atoms with Gasteiger partial charge in [-0.15, -0.1) is 27.8 Å². The molecule has 10 rings (SSSR count). The van der Waals surface area contributed by atoms with E-state index in [1.165, 1.54) is 44.9 Å². The molecule has 6 aromatic rings. The van der Waals surface area contributed by atoms with Crippen molar-refractivity contribution in [3.05, 3.63) is 121 Å². The standard InChI is InChI=1S/C47H51N5O5S2/c53-39-17-16-36(34-11-4-5-12-35(34)39)40(54)27-48-26-31-23-38-44(37-14-6-13-33(31)37)52(50-49-38)21-8-20-51-28-46(29-51)24-32(25-46)57-45(55)47(56,42-15-7-22-58-42)43-19-18-41(59-43)30-9-2-1-3-10-30/h1-3,7,9-10,15-19,22-23,32,40,48,53-54,56H,4-6,8,11-14,20-21,24-29H2/t40-,47-/m0/s1. The summed E-state index contributed by atoms with van der Waals surface area (Å²) in [7, 11) is 0. The Labute approximate surface area is 352 Å². The first-order valence-electron chi connectivity index (χ1n) is 21.2. The van der Waals surface area contributed by atoms with Crippen molar-refractivity contribution in [1.82, 2.24) is 25.2 Å². The zero-order chi connectivity index (χ0) is 40.1. The van der Waals surface area contributed by atoms with Gasteiger partial charge in [-0.3, -0.25) is 0 Å². The summed E-state index contributed by atoms with van der Waals surface area (Å²) in [5.74, 6) is -0.234. The van der Waals surface area contributed by atoms with E-state index >= 15 is 0 Å². The molecule has 4 heterocycles. The quantitative estimate of drug-likeness (QED) is 0.0827. The minimum atomic E-state index is -1.83. The molecule has 0 radical (unpaired) electrons. The molecule has 0 bridgehead atoms.